The highest BCUT2D eigenvalue weighted by Gasteiger charge is 2.18. The van der Waals surface area contributed by atoms with E-state index in [1.54, 1.807) is 36.4 Å². The normalized spacial score (nSPS) is 10.2. The zero-order valence-corrected chi connectivity index (χ0v) is 16.0. The lowest BCUT2D eigenvalue weighted by Crippen LogP contribution is -2.11. The Morgan fingerprint density at radius 1 is 0.967 bits per heavy atom. The third-order valence-corrected chi connectivity index (χ3v) is 4.22. The molecule has 0 fully saturated rings. The van der Waals surface area contributed by atoms with Gasteiger partial charge in [-0.05, 0) is 35.9 Å². The lowest BCUT2D eigenvalue weighted by atomic mass is 10.1. The minimum Gasteiger partial charge on any atom is -0.482 e. The van der Waals surface area contributed by atoms with Gasteiger partial charge >= 0.3 is 11.7 Å². The van der Waals surface area contributed by atoms with Crippen LogP contribution in [0.4, 0.5) is 11.4 Å². The Hall–Kier alpha value is -4.20. The summed E-state index contributed by atoms with van der Waals surface area (Å²) >= 11 is 0. The van der Waals surface area contributed by atoms with Crippen LogP contribution in [0.2, 0.25) is 0 Å². The average Bonchev–Trinajstić information content (AvgIpc) is 2.77. The summed E-state index contributed by atoms with van der Waals surface area (Å²) < 4.78 is 10.2. The molecule has 0 aliphatic heterocycles. The number of esters is 1. The van der Waals surface area contributed by atoms with Crippen molar-refractivity contribution in [2.24, 2.45) is 0 Å². The number of nitro benzene ring substituents is 1. The second-order valence-electron chi connectivity index (χ2n) is 6.24. The summed E-state index contributed by atoms with van der Waals surface area (Å²) in [5.74, 6) is -0.924. The van der Waals surface area contributed by atoms with E-state index in [4.69, 9.17) is 4.74 Å². The van der Waals surface area contributed by atoms with Gasteiger partial charge < -0.3 is 14.8 Å². The van der Waals surface area contributed by atoms with E-state index in [0.717, 1.165) is 0 Å². The molecular weight excluding hydrogens is 388 g/mol. The maximum atomic E-state index is 12.3. The second kappa shape index (κ2) is 9.33. The molecule has 3 aromatic rings. The number of nitro groups is 1. The molecule has 152 valence electrons. The van der Waals surface area contributed by atoms with Crippen LogP contribution in [-0.4, -0.2) is 23.9 Å². The molecule has 1 amide bonds. The Bertz CT molecular complexity index is 1060. The van der Waals surface area contributed by atoms with E-state index >= 15 is 0 Å². The first-order valence-electron chi connectivity index (χ1n) is 8.93. The smallest absolute Gasteiger partial charge is 0.337 e. The van der Waals surface area contributed by atoms with Gasteiger partial charge in [0.2, 0.25) is 0 Å². The van der Waals surface area contributed by atoms with Gasteiger partial charge in [0.1, 0.15) is 6.61 Å². The number of rotatable bonds is 7. The number of nitrogens with zero attached hydrogens (tertiary/aromatic N) is 1. The van der Waals surface area contributed by atoms with E-state index in [0.29, 0.717) is 16.8 Å². The lowest BCUT2D eigenvalue weighted by Gasteiger charge is -2.09. The molecule has 0 bridgehead atoms. The fourth-order valence-electron chi connectivity index (χ4n) is 2.66. The van der Waals surface area contributed by atoms with E-state index in [1.165, 1.54) is 25.3 Å². The van der Waals surface area contributed by atoms with Crippen LogP contribution in [0.25, 0.3) is 0 Å². The number of nitrogens with one attached hydrogen (secondary N) is 1. The minimum atomic E-state index is -0.622. The van der Waals surface area contributed by atoms with Crippen molar-refractivity contribution in [2.45, 2.75) is 6.61 Å². The van der Waals surface area contributed by atoms with Crippen molar-refractivity contribution in [2.75, 3.05) is 12.4 Å². The predicted octanol–water partition coefficient (Wildman–Crippen LogP) is 4.21. The fourth-order valence-corrected chi connectivity index (χ4v) is 2.66. The third kappa shape index (κ3) is 4.99. The van der Waals surface area contributed by atoms with Crippen LogP contribution in [0, 0.1) is 10.1 Å². The molecule has 30 heavy (non-hydrogen) atoms. The van der Waals surface area contributed by atoms with Gasteiger partial charge in [-0.3, -0.25) is 14.9 Å². The average molecular weight is 406 g/mol. The van der Waals surface area contributed by atoms with Crippen molar-refractivity contribution in [1.82, 2.24) is 0 Å². The molecule has 3 aromatic carbocycles. The minimum absolute atomic E-state index is 0.0199. The van der Waals surface area contributed by atoms with Crippen molar-refractivity contribution in [1.29, 1.82) is 0 Å². The molecule has 0 aliphatic carbocycles. The zero-order valence-electron chi connectivity index (χ0n) is 16.0. The molecule has 3 rings (SSSR count). The summed E-state index contributed by atoms with van der Waals surface area (Å²) in [6, 6.07) is 19.5. The first-order chi connectivity index (χ1) is 14.5. The number of ether oxygens (including phenoxy) is 2. The maximum absolute atomic E-state index is 12.3. The van der Waals surface area contributed by atoms with Gasteiger partial charge in [-0.15, -0.1) is 0 Å². The standard InChI is InChI=1S/C22H18N2O6/c1-29-22(26)17-11-12-19(24(27)28)20(13-17)30-14-15-7-9-16(10-8-15)21(25)23-18-5-3-2-4-6-18/h2-13H,14H2,1H3,(H,23,25). The van der Waals surface area contributed by atoms with E-state index in [-0.39, 0.29) is 29.5 Å². The van der Waals surface area contributed by atoms with Crippen molar-refractivity contribution in [3.8, 4) is 5.75 Å². The summed E-state index contributed by atoms with van der Waals surface area (Å²) in [7, 11) is 1.22. The number of carbonyl (C=O) groups is 2. The van der Waals surface area contributed by atoms with Gasteiger partial charge in [0.25, 0.3) is 5.91 Å². The highest BCUT2D eigenvalue weighted by Crippen LogP contribution is 2.29. The van der Waals surface area contributed by atoms with Crippen molar-refractivity contribution in [3.63, 3.8) is 0 Å². The Morgan fingerprint density at radius 3 is 2.27 bits per heavy atom. The Morgan fingerprint density at radius 2 is 1.63 bits per heavy atom. The Kier molecular flexibility index (Phi) is 6.39. The zero-order chi connectivity index (χ0) is 21.5. The Labute approximate surface area is 172 Å². The number of amides is 1. The molecule has 0 spiro atoms. The van der Waals surface area contributed by atoms with E-state index in [2.05, 4.69) is 10.1 Å². The quantitative estimate of drug-likeness (QED) is 0.358. The van der Waals surface area contributed by atoms with Crippen LogP contribution in [0.3, 0.4) is 0 Å². The van der Waals surface area contributed by atoms with Crippen LogP contribution < -0.4 is 10.1 Å². The molecule has 0 atom stereocenters. The largest absolute Gasteiger partial charge is 0.482 e. The molecule has 8 nitrogen and oxygen atoms in total. The molecule has 1 N–H and O–H groups in total. The number of para-hydroxylation sites is 1. The van der Waals surface area contributed by atoms with Gasteiger partial charge in [-0.2, -0.15) is 0 Å². The molecular formula is C22H18N2O6. The van der Waals surface area contributed by atoms with E-state index in [1.807, 2.05) is 18.2 Å². The molecule has 0 saturated carbocycles. The summed E-state index contributed by atoms with van der Waals surface area (Å²) in [4.78, 5) is 34.6. The van der Waals surface area contributed by atoms with Crippen molar-refractivity contribution >= 4 is 23.3 Å². The van der Waals surface area contributed by atoms with Gasteiger partial charge in [0.15, 0.2) is 5.75 Å². The number of hydrogen-bond acceptors (Lipinski definition) is 6. The SMILES string of the molecule is COC(=O)c1ccc([N+](=O)[O-])c(OCc2ccc(C(=O)Nc3ccccc3)cc2)c1. The van der Waals surface area contributed by atoms with Crippen LogP contribution in [0.5, 0.6) is 5.75 Å². The first kappa shape index (κ1) is 20.5. The maximum Gasteiger partial charge on any atom is 0.337 e. The summed E-state index contributed by atoms with van der Waals surface area (Å²) in [5.41, 5.74) is 1.73. The number of carbonyl (C=O) groups excluding carboxylic acids is 2. The highest BCUT2D eigenvalue weighted by atomic mass is 16.6. The third-order valence-electron chi connectivity index (χ3n) is 4.22. The van der Waals surface area contributed by atoms with Crippen molar-refractivity contribution < 1.29 is 24.0 Å². The molecule has 0 heterocycles. The lowest BCUT2D eigenvalue weighted by molar-refractivity contribution is -0.385. The van der Waals surface area contributed by atoms with Gasteiger partial charge in [0, 0.05) is 23.4 Å². The predicted molar refractivity (Wildman–Crippen MR) is 110 cm³/mol. The van der Waals surface area contributed by atoms with Gasteiger partial charge in [-0.25, -0.2) is 4.79 Å². The highest BCUT2D eigenvalue weighted by molar-refractivity contribution is 6.04. The number of methoxy groups -OCH3 is 1. The van der Waals surface area contributed by atoms with Gasteiger partial charge in [-0.1, -0.05) is 30.3 Å². The summed E-state index contributed by atoms with van der Waals surface area (Å²) in [6.45, 7) is 0.0199. The van der Waals surface area contributed by atoms with E-state index < -0.39 is 10.9 Å². The van der Waals surface area contributed by atoms with E-state index in [9.17, 15) is 19.7 Å². The summed E-state index contributed by atoms with van der Waals surface area (Å²) in [6.07, 6.45) is 0. The molecule has 0 unspecified atom stereocenters. The second-order valence-corrected chi connectivity index (χ2v) is 6.24. The Balaban J connectivity index is 1.69. The first-order valence-corrected chi connectivity index (χ1v) is 8.93. The number of benzene rings is 3. The van der Waals surface area contributed by atoms with Crippen LogP contribution in [-0.2, 0) is 11.3 Å². The monoisotopic (exact) mass is 406 g/mol. The molecule has 0 aromatic heterocycles. The van der Waals surface area contributed by atoms with Crippen LogP contribution in [0.15, 0.2) is 72.8 Å². The summed E-state index contributed by atoms with van der Waals surface area (Å²) in [5, 5.41) is 14.0. The topological polar surface area (TPSA) is 108 Å². The molecule has 8 heteroatoms. The molecule has 0 saturated heterocycles. The van der Waals surface area contributed by atoms with Crippen molar-refractivity contribution in [3.05, 3.63) is 99.6 Å². The van der Waals surface area contributed by atoms with Crippen LogP contribution in [0.1, 0.15) is 26.3 Å². The molecule has 0 aliphatic rings. The van der Waals surface area contributed by atoms with Gasteiger partial charge in [0.05, 0.1) is 17.6 Å². The fraction of sp³-hybridized carbons (Fsp3) is 0.0909. The number of hydrogen-bond donors (Lipinski definition) is 1. The number of anilines is 1. The molecule has 0 radical (unpaired) electrons. The van der Waals surface area contributed by atoms with Crippen LogP contribution >= 0.6 is 0 Å².